The van der Waals surface area contributed by atoms with E-state index in [9.17, 15) is 10.1 Å². The van der Waals surface area contributed by atoms with Crippen molar-refractivity contribution in [3.63, 3.8) is 0 Å². The Morgan fingerprint density at radius 2 is 1.75 bits per heavy atom. The van der Waals surface area contributed by atoms with E-state index < -0.39 is 0 Å². The lowest BCUT2D eigenvalue weighted by Crippen LogP contribution is -2.02. The number of nitrogens with zero attached hydrogens (tertiary/aromatic N) is 1. The van der Waals surface area contributed by atoms with Gasteiger partial charge in [0, 0.05) is 11.6 Å². The van der Waals surface area contributed by atoms with E-state index in [1.807, 2.05) is 12.1 Å². The molecular formula is C13H19NO2. The molecule has 0 unspecified atom stereocenters. The smallest absolute Gasteiger partial charge is 0.258 e. The average molecular weight is 221 g/mol. The molecule has 0 fully saturated rings. The van der Waals surface area contributed by atoms with Crippen LogP contribution < -0.4 is 0 Å². The quantitative estimate of drug-likeness (QED) is 0.531. The highest BCUT2D eigenvalue weighted by molar-refractivity contribution is 5.42. The Bertz CT molecular complexity index is 344. The third kappa shape index (κ3) is 3.05. The Morgan fingerprint density at radius 1 is 1.19 bits per heavy atom. The average Bonchev–Trinajstić information content (AvgIpc) is 2.29. The maximum atomic E-state index is 10.9. The summed E-state index contributed by atoms with van der Waals surface area (Å²) in [5.41, 5.74) is 1.17. The van der Waals surface area contributed by atoms with E-state index in [0.29, 0.717) is 5.92 Å². The first-order valence-corrected chi connectivity index (χ1v) is 5.94. The Morgan fingerprint density at radius 3 is 2.25 bits per heavy atom. The van der Waals surface area contributed by atoms with Gasteiger partial charge in [-0.1, -0.05) is 44.9 Å². The molecule has 0 atom stereocenters. The van der Waals surface area contributed by atoms with Gasteiger partial charge in [0.05, 0.1) is 4.92 Å². The number of benzene rings is 1. The first-order chi connectivity index (χ1) is 7.70. The van der Waals surface area contributed by atoms with Gasteiger partial charge >= 0.3 is 0 Å². The molecule has 16 heavy (non-hydrogen) atoms. The van der Waals surface area contributed by atoms with E-state index in [4.69, 9.17) is 0 Å². The molecule has 0 saturated heterocycles. The fourth-order valence-electron chi connectivity index (χ4n) is 2.15. The van der Waals surface area contributed by atoms with E-state index >= 15 is 0 Å². The van der Waals surface area contributed by atoms with E-state index in [1.54, 1.807) is 12.1 Å². The molecule has 0 N–H and O–H groups in total. The summed E-state index contributed by atoms with van der Waals surface area (Å²) in [6.07, 6.45) is 4.19. The van der Waals surface area contributed by atoms with Crippen LogP contribution in [0.4, 0.5) is 5.69 Å². The Hall–Kier alpha value is -1.38. The van der Waals surface area contributed by atoms with Crippen molar-refractivity contribution in [2.45, 2.75) is 45.4 Å². The van der Waals surface area contributed by atoms with Crippen LogP contribution in [0.25, 0.3) is 0 Å². The van der Waals surface area contributed by atoms with Crippen molar-refractivity contribution in [2.24, 2.45) is 0 Å². The van der Waals surface area contributed by atoms with Gasteiger partial charge in [-0.3, -0.25) is 10.1 Å². The minimum absolute atomic E-state index is 0.270. The molecule has 0 heterocycles. The van der Waals surface area contributed by atoms with Crippen LogP contribution in [-0.2, 0) is 0 Å². The number of hydrogen-bond acceptors (Lipinski definition) is 2. The van der Waals surface area contributed by atoms with Gasteiger partial charge in [-0.2, -0.15) is 0 Å². The lowest BCUT2D eigenvalue weighted by Gasteiger charge is -2.15. The predicted molar refractivity (Wildman–Crippen MR) is 65.7 cm³/mol. The summed E-state index contributed by atoms with van der Waals surface area (Å²) in [6.45, 7) is 4.24. The molecule has 3 nitrogen and oxygen atoms in total. The molecule has 88 valence electrons. The van der Waals surface area contributed by atoms with Crippen LogP contribution in [0.3, 0.4) is 0 Å². The van der Waals surface area contributed by atoms with Crippen LogP contribution in [0, 0.1) is 10.1 Å². The van der Waals surface area contributed by atoms with E-state index in [1.165, 1.54) is 0 Å². The van der Waals surface area contributed by atoms with Crippen LogP contribution >= 0.6 is 0 Å². The zero-order valence-electron chi connectivity index (χ0n) is 9.98. The van der Waals surface area contributed by atoms with Gasteiger partial charge < -0.3 is 0 Å². The van der Waals surface area contributed by atoms with Crippen molar-refractivity contribution < 1.29 is 4.92 Å². The second-order valence-electron chi connectivity index (χ2n) is 4.09. The van der Waals surface area contributed by atoms with E-state index in [0.717, 1.165) is 31.2 Å². The Balaban J connectivity index is 3.02. The minimum atomic E-state index is -0.270. The molecule has 0 bridgehead atoms. The molecule has 0 aliphatic carbocycles. The molecule has 0 amide bonds. The van der Waals surface area contributed by atoms with Crippen molar-refractivity contribution >= 4 is 5.69 Å². The summed E-state index contributed by atoms with van der Waals surface area (Å²) in [5, 5.41) is 10.9. The number of hydrogen-bond donors (Lipinski definition) is 0. The topological polar surface area (TPSA) is 43.1 Å². The van der Waals surface area contributed by atoms with Crippen molar-refractivity contribution in [1.82, 2.24) is 0 Å². The van der Waals surface area contributed by atoms with Gasteiger partial charge in [-0.15, -0.1) is 0 Å². The third-order valence-electron chi connectivity index (χ3n) is 2.85. The predicted octanol–water partition coefficient (Wildman–Crippen LogP) is 4.28. The monoisotopic (exact) mass is 221 g/mol. The summed E-state index contributed by atoms with van der Waals surface area (Å²) in [5.74, 6) is 0.330. The maximum Gasteiger partial charge on any atom is 0.272 e. The molecule has 0 spiro atoms. The molecule has 0 aromatic heterocycles. The van der Waals surface area contributed by atoms with Crippen LogP contribution in [-0.4, -0.2) is 4.92 Å². The highest BCUT2D eigenvalue weighted by Crippen LogP contribution is 2.32. The van der Waals surface area contributed by atoms with Crippen molar-refractivity contribution in [2.75, 3.05) is 0 Å². The SMILES string of the molecule is CCCC(CCC)c1ccccc1[N+](=O)[O-]. The number of para-hydroxylation sites is 1. The van der Waals surface area contributed by atoms with E-state index in [2.05, 4.69) is 13.8 Å². The summed E-state index contributed by atoms with van der Waals surface area (Å²) in [6, 6.07) is 7.12. The zero-order chi connectivity index (χ0) is 12.0. The summed E-state index contributed by atoms with van der Waals surface area (Å²) in [4.78, 5) is 10.7. The lowest BCUT2D eigenvalue weighted by atomic mass is 9.89. The molecule has 0 saturated carbocycles. The van der Waals surface area contributed by atoms with Crippen molar-refractivity contribution in [3.05, 3.63) is 39.9 Å². The standard InChI is InChI=1S/C13H19NO2/c1-3-7-11(8-4-2)12-9-5-6-10-13(12)14(15)16/h5-6,9-11H,3-4,7-8H2,1-2H3. The fraction of sp³-hybridized carbons (Fsp3) is 0.538. The molecular weight excluding hydrogens is 202 g/mol. The highest BCUT2D eigenvalue weighted by atomic mass is 16.6. The van der Waals surface area contributed by atoms with Crippen molar-refractivity contribution in [1.29, 1.82) is 0 Å². The Labute approximate surface area is 96.6 Å². The summed E-state index contributed by atoms with van der Waals surface area (Å²) >= 11 is 0. The molecule has 1 aromatic rings. The molecule has 0 radical (unpaired) electrons. The normalized spacial score (nSPS) is 10.7. The van der Waals surface area contributed by atoms with Gasteiger partial charge in [-0.25, -0.2) is 0 Å². The molecule has 3 heteroatoms. The summed E-state index contributed by atoms with van der Waals surface area (Å²) < 4.78 is 0. The molecule has 0 aliphatic rings. The fourth-order valence-corrected chi connectivity index (χ4v) is 2.15. The number of nitro benzene ring substituents is 1. The van der Waals surface area contributed by atoms with Crippen LogP contribution in [0.2, 0.25) is 0 Å². The van der Waals surface area contributed by atoms with Gasteiger partial charge in [-0.05, 0) is 18.8 Å². The number of rotatable bonds is 6. The zero-order valence-corrected chi connectivity index (χ0v) is 9.98. The first-order valence-electron chi connectivity index (χ1n) is 5.94. The van der Waals surface area contributed by atoms with Crippen LogP contribution in [0.5, 0.6) is 0 Å². The second-order valence-corrected chi connectivity index (χ2v) is 4.09. The van der Waals surface area contributed by atoms with Gasteiger partial charge in [0.2, 0.25) is 0 Å². The van der Waals surface area contributed by atoms with Gasteiger partial charge in [0.25, 0.3) is 5.69 Å². The first kappa shape index (κ1) is 12.7. The minimum Gasteiger partial charge on any atom is -0.258 e. The van der Waals surface area contributed by atoms with Crippen LogP contribution in [0.15, 0.2) is 24.3 Å². The van der Waals surface area contributed by atoms with Crippen LogP contribution in [0.1, 0.15) is 51.0 Å². The molecule has 1 aromatic carbocycles. The van der Waals surface area contributed by atoms with E-state index in [-0.39, 0.29) is 10.6 Å². The van der Waals surface area contributed by atoms with Gasteiger partial charge in [0.1, 0.15) is 0 Å². The van der Waals surface area contributed by atoms with Crippen molar-refractivity contribution in [3.8, 4) is 0 Å². The highest BCUT2D eigenvalue weighted by Gasteiger charge is 2.19. The molecule has 0 aliphatic heterocycles. The number of nitro groups is 1. The summed E-state index contributed by atoms with van der Waals surface area (Å²) in [7, 11) is 0. The Kier molecular flexibility index (Phi) is 4.96. The third-order valence-corrected chi connectivity index (χ3v) is 2.85. The maximum absolute atomic E-state index is 10.9. The largest absolute Gasteiger partial charge is 0.272 e. The lowest BCUT2D eigenvalue weighted by molar-refractivity contribution is -0.385. The second kappa shape index (κ2) is 6.26. The molecule has 1 rings (SSSR count). The van der Waals surface area contributed by atoms with Gasteiger partial charge in [0.15, 0.2) is 0 Å².